The smallest absolute Gasteiger partial charge is 0.163 e. The molecule has 0 aliphatic heterocycles. The number of halogens is 2. The van der Waals surface area contributed by atoms with Crippen molar-refractivity contribution in [2.75, 3.05) is 5.32 Å². The minimum absolute atomic E-state index is 0.0905. The molecule has 1 aromatic carbocycles. The van der Waals surface area contributed by atoms with E-state index in [1.807, 2.05) is 0 Å². The summed E-state index contributed by atoms with van der Waals surface area (Å²) in [5.41, 5.74) is 0.199. The summed E-state index contributed by atoms with van der Waals surface area (Å²) in [5, 5.41) is 29.4. The Balaban J connectivity index is 3.11. The lowest BCUT2D eigenvalue weighted by atomic mass is 10.2. The van der Waals surface area contributed by atoms with E-state index in [1.165, 1.54) is 0 Å². The molecule has 0 unspecified atom stereocenters. The fourth-order valence-electron chi connectivity index (χ4n) is 1.00. The van der Waals surface area contributed by atoms with Gasteiger partial charge in [0.15, 0.2) is 5.57 Å². The number of hydrogen-bond acceptors (Lipinski definition) is 4. The lowest BCUT2D eigenvalue weighted by Crippen LogP contribution is -2.00. The van der Waals surface area contributed by atoms with E-state index in [-0.39, 0.29) is 11.3 Å². The molecule has 0 radical (unpaired) electrons. The van der Waals surface area contributed by atoms with Crippen LogP contribution >= 0.6 is 34.2 Å². The highest BCUT2D eigenvalue weighted by molar-refractivity contribution is 14.1. The molecule has 0 spiro atoms. The van der Waals surface area contributed by atoms with Gasteiger partial charge in [-0.25, -0.2) is 0 Å². The van der Waals surface area contributed by atoms with Crippen molar-refractivity contribution < 1.29 is 0 Å². The van der Waals surface area contributed by atoms with Crippen molar-refractivity contribution in [3.63, 3.8) is 0 Å². The Morgan fingerprint density at radius 1 is 1.18 bits per heavy atom. The van der Waals surface area contributed by atoms with Gasteiger partial charge in [-0.1, -0.05) is 11.6 Å². The summed E-state index contributed by atoms with van der Waals surface area (Å²) in [7, 11) is 0. The second kappa shape index (κ2) is 6.10. The van der Waals surface area contributed by atoms with Gasteiger partial charge in [-0.2, -0.15) is 15.8 Å². The summed E-state index contributed by atoms with van der Waals surface area (Å²) in [6.07, 6.45) is 0. The van der Waals surface area contributed by atoms with Gasteiger partial charge in [0.2, 0.25) is 0 Å². The molecular formula is C11H4ClIN4. The van der Waals surface area contributed by atoms with Crippen molar-refractivity contribution in [1.29, 1.82) is 15.8 Å². The third kappa shape index (κ3) is 3.35. The van der Waals surface area contributed by atoms with Gasteiger partial charge in [0.1, 0.15) is 23.9 Å². The molecule has 0 fully saturated rings. The zero-order valence-electron chi connectivity index (χ0n) is 8.33. The summed E-state index contributed by atoms with van der Waals surface area (Å²) in [4.78, 5) is 0. The fraction of sp³-hybridized carbons (Fsp3) is 0. The lowest BCUT2D eigenvalue weighted by molar-refractivity contribution is 1.37. The van der Waals surface area contributed by atoms with Crippen molar-refractivity contribution >= 4 is 39.9 Å². The molecule has 0 bridgehead atoms. The van der Waals surface area contributed by atoms with E-state index in [9.17, 15) is 0 Å². The molecule has 1 N–H and O–H groups in total. The van der Waals surface area contributed by atoms with Gasteiger partial charge in [-0.05, 0) is 40.8 Å². The van der Waals surface area contributed by atoms with Gasteiger partial charge in [0.25, 0.3) is 0 Å². The number of rotatable bonds is 2. The standard InChI is InChI=1S/C11H4ClIN4/c12-9-3-8(1-2-10(9)13)17-11(6-16)7(4-14)5-15/h1-3,17H. The number of nitrogens with zero attached hydrogens (tertiary/aromatic N) is 3. The van der Waals surface area contributed by atoms with Crippen LogP contribution in [-0.2, 0) is 0 Å². The van der Waals surface area contributed by atoms with E-state index in [4.69, 9.17) is 27.4 Å². The quantitative estimate of drug-likeness (QED) is 0.653. The molecule has 0 amide bonds. The average molecular weight is 355 g/mol. The summed E-state index contributed by atoms with van der Waals surface area (Å²) in [5.74, 6) is 0. The molecule has 0 saturated heterocycles. The van der Waals surface area contributed by atoms with E-state index >= 15 is 0 Å². The van der Waals surface area contributed by atoms with Gasteiger partial charge >= 0.3 is 0 Å². The summed E-state index contributed by atoms with van der Waals surface area (Å²) < 4.78 is 0.873. The Labute approximate surface area is 117 Å². The minimum atomic E-state index is -0.262. The zero-order valence-corrected chi connectivity index (χ0v) is 11.2. The highest BCUT2D eigenvalue weighted by Gasteiger charge is 2.06. The van der Waals surface area contributed by atoms with Crippen LogP contribution in [0.2, 0.25) is 5.02 Å². The average Bonchev–Trinajstić information content (AvgIpc) is 2.33. The van der Waals surface area contributed by atoms with Crippen molar-refractivity contribution in [3.05, 3.63) is 38.1 Å². The maximum atomic E-state index is 8.84. The third-order valence-electron chi connectivity index (χ3n) is 1.77. The van der Waals surface area contributed by atoms with E-state index in [0.717, 1.165) is 3.57 Å². The monoisotopic (exact) mass is 354 g/mol. The number of allylic oxidation sites excluding steroid dienone is 2. The normalized spacial score (nSPS) is 8.41. The predicted octanol–water partition coefficient (Wildman–Crippen LogP) is 3.18. The Bertz CT molecular complexity index is 585. The van der Waals surface area contributed by atoms with Crippen molar-refractivity contribution in [2.45, 2.75) is 0 Å². The fourth-order valence-corrected chi connectivity index (χ4v) is 1.52. The number of nitriles is 3. The first-order chi connectivity index (χ1) is 8.12. The van der Waals surface area contributed by atoms with Crippen LogP contribution in [0.5, 0.6) is 0 Å². The third-order valence-corrected chi connectivity index (χ3v) is 3.35. The van der Waals surface area contributed by atoms with Gasteiger partial charge in [-0.15, -0.1) is 0 Å². The van der Waals surface area contributed by atoms with Crippen molar-refractivity contribution in [2.24, 2.45) is 0 Å². The summed E-state index contributed by atoms with van der Waals surface area (Å²) >= 11 is 7.98. The van der Waals surface area contributed by atoms with Crippen LogP contribution in [0.3, 0.4) is 0 Å². The molecule has 82 valence electrons. The van der Waals surface area contributed by atoms with Crippen LogP contribution in [0, 0.1) is 37.6 Å². The highest BCUT2D eigenvalue weighted by atomic mass is 127. The van der Waals surface area contributed by atoms with Crippen LogP contribution in [0.1, 0.15) is 0 Å². The molecule has 1 aromatic rings. The van der Waals surface area contributed by atoms with Gasteiger partial charge in [-0.3, -0.25) is 0 Å². The van der Waals surface area contributed by atoms with Crippen LogP contribution < -0.4 is 5.32 Å². The van der Waals surface area contributed by atoms with Crippen molar-refractivity contribution in [3.8, 4) is 18.2 Å². The number of anilines is 1. The second-order valence-corrected chi connectivity index (χ2v) is 4.41. The topological polar surface area (TPSA) is 83.4 Å². The number of benzene rings is 1. The molecule has 17 heavy (non-hydrogen) atoms. The van der Waals surface area contributed by atoms with Crippen LogP contribution in [0.4, 0.5) is 5.69 Å². The van der Waals surface area contributed by atoms with Gasteiger partial charge in [0.05, 0.1) is 5.02 Å². The highest BCUT2D eigenvalue weighted by Crippen LogP contribution is 2.23. The molecule has 4 nitrogen and oxygen atoms in total. The SMILES string of the molecule is N#CC(C#N)=C(C#N)Nc1ccc(I)c(Cl)c1. The molecule has 6 heteroatoms. The van der Waals surface area contributed by atoms with Crippen molar-refractivity contribution in [1.82, 2.24) is 0 Å². The molecule has 0 aromatic heterocycles. The van der Waals surface area contributed by atoms with E-state index < -0.39 is 0 Å². The number of hydrogen-bond donors (Lipinski definition) is 1. The second-order valence-electron chi connectivity index (χ2n) is 2.84. The maximum Gasteiger partial charge on any atom is 0.163 e. The first-order valence-corrected chi connectivity index (χ1v) is 5.74. The lowest BCUT2D eigenvalue weighted by Gasteiger charge is -2.05. The van der Waals surface area contributed by atoms with Crippen LogP contribution in [0.15, 0.2) is 29.5 Å². The molecular weight excluding hydrogens is 351 g/mol. The van der Waals surface area contributed by atoms with Gasteiger partial charge < -0.3 is 5.32 Å². The van der Waals surface area contributed by atoms with Gasteiger partial charge in [0, 0.05) is 9.26 Å². The molecule has 1 rings (SSSR count). The molecule has 0 aliphatic rings. The number of nitrogens with one attached hydrogen (secondary N) is 1. The Hall–Kier alpha value is -1.75. The first kappa shape index (κ1) is 13.3. The van der Waals surface area contributed by atoms with E-state index in [0.29, 0.717) is 10.7 Å². The molecule has 0 atom stereocenters. The van der Waals surface area contributed by atoms with E-state index in [1.54, 1.807) is 36.4 Å². The maximum absolute atomic E-state index is 8.84. The minimum Gasteiger partial charge on any atom is -0.345 e. The molecule has 0 saturated carbocycles. The first-order valence-electron chi connectivity index (χ1n) is 4.29. The Morgan fingerprint density at radius 3 is 2.29 bits per heavy atom. The zero-order chi connectivity index (χ0) is 12.8. The van der Waals surface area contributed by atoms with Crippen LogP contribution in [0.25, 0.3) is 0 Å². The molecule has 0 aliphatic carbocycles. The largest absolute Gasteiger partial charge is 0.345 e. The predicted molar refractivity (Wildman–Crippen MR) is 71.7 cm³/mol. The Morgan fingerprint density at radius 2 is 1.82 bits per heavy atom. The summed E-state index contributed by atoms with van der Waals surface area (Å²) in [6, 6.07) is 10.1. The van der Waals surface area contributed by atoms with E-state index in [2.05, 4.69) is 27.9 Å². The summed E-state index contributed by atoms with van der Waals surface area (Å²) in [6.45, 7) is 0. The molecule has 0 heterocycles. The van der Waals surface area contributed by atoms with Crippen LogP contribution in [-0.4, -0.2) is 0 Å². The Kier molecular flexibility index (Phi) is 4.78.